The summed E-state index contributed by atoms with van der Waals surface area (Å²) in [7, 11) is 1.65. The lowest BCUT2D eigenvalue weighted by Gasteiger charge is -2.34. The highest BCUT2D eigenvalue weighted by Crippen LogP contribution is 2.30. The van der Waals surface area contributed by atoms with Crippen LogP contribution in [0.3, 0.4) is 0 Å². The third-order valence-electron chi connectivity index (χ3n) is 4.53. The Bertz CT molecular complexity index is 521. The maximum Gasteiger partial charge on any atom is 0.223 e. The van der Waals surface area contributed by atoms with E-state index < -0.39 is 5.60 Å². The molecule has 1 aromatic carbocycles. The summed E-state index contributed by atoms with van der Waals surface area (Å²) in [6, 6.07) is 7.79. The molecule has 0 aliphatic carbocycles. The predicted molar refractivity (Wildman–Crippen MR) is 87.1 cm³/mol. The van der Waals surface area contributed by atoms with Crippen LogP contribution in [0.4, 0.5) is 0 Å². The molecule has 122 valence electrons. The smallest absolute Gasteiger partial charge is 0.223 e. The van der Waals surface area contributed by atoms with Gasteiger partial charge < -0.3 is 14.7 Å². The van der Waals surface area contributed by atoms with Gasteiger partial charge in [-0.15, -0.1) is 0 Å². The molecule has 2 atom stereocenters. The zero-order valence-electron chi connectivity index (χ0n) is 14.0. The van der Waals surface area contributed by atoms with Gasteiger partial charge in [0.05, 0.1) is 18.8 Å². The van der Waals surface area contributed by atoms with Gasteiger partial charge in [-0.25, -0.2) is 0 Å². The molecule has 0 bridgehead atoms. The van der Waals surface area contributed by atoms with E-state index in [1.165, 1.54) is 0 Å². The Kier molecular flexibility index (Phi) is 5.12. The van der Waals surface area contributed by atoms with Crippen molar-refractivity contribution in [2.24, 2.45) is 0 Å². The van der Waals surface area contributed by atoms with Gasteiger partial charge in [0.2, 0.25) is 5.91 Å². The zero-order chi connectivity index (χ0) is 16.3. The minimum absolute atomic E-state index is 0.0718. The number of amides is 1. The number of methoxy groups -OCH3 is 1. The van der Waals surface area contributed by atoms with E-state index in [4.69, 9.17) is 4.74 Å². The van der Waals surface area contributed by atoms with Crippen molar-refractivity contribution < 1.29 is 14.6 Å². The third-order valence-corrected chi connectivity index (χ3v) is 4.53. The first-order valence-electron chi connectivity index (χ1n) is 7.98. The fraction of sp³-hybridized carbons (Fsp3) is 0.611. The molecule has 0 aromatic heterocycles. The van der Waals surface area contributed by atoms with Crippen molar-refractivity contribution >= 4 is 5.91 Å². The number of rotatable bonds is 5. The Balaban J connectivity index is 2.04. The second kappa shape index (κ2) is 6.69. The SMILES string of the molecule is COc1cccc(C(C)CC(=O)N2CCCC2C(C)(C)O)c1. The van der Waals surface area contributed by atoms with Crippen LogP contribution in [0.5, 0.6) is 5.75 Å². The second-order valence-electron chi connectivity index (χ2n) is 6.78. The quantitative estimate of drug-likeness (QED) is 0.910. The van der Waals surface area contributed by atoms with Crippen molar-refractivity contribution in [1.29, 1.82) is 0 Å². The van der Waals surface area contributed by atoms with Gasteiger partial charge >= 0.3 is 0 Å². The molecule has 1 saturated heterocycles. The Morgan fingerprint density at radius 2 is 2.23 bits per heavy atom. The number of benzene rings is 1. The molecule has 1 N–H and O–H groups in total. The van der Waals surface area contributed by atoms with E-state index >= 15 is 0 Å². The number of hydrogen-bond acceptors (Lipinski definition) is 3. The number of likely N-dealkylation sites (tertiary alicyclic amines) is 1. The monoisotopic (exact) mass is 305 g/mol. The molecular weight excluding hydrogens is 278 g/mol. The molecule has 1 fully saturated rings. The van der Waals surface area contributed by atoms with Crippen LogP contribution in [0.25, 0.3) is 0 Å². The van der Waals surface area contributed by atoms with E-state index in [9.17, 15) is 9.90 Å². The Morgan fingerprint density at radius 3 is 2.86 bits per heavy atom. The van der Waals surface area contributed by atoms with Gasteiger partial charge in [0.15, 0.2) is 0 Å². The Morgan fingerprint density at radius 1 is 1.50 bits per heavy atom. The van der Waals surface area contributed by atoms with Gasteiger partial charge in [-0.3, -0.25) is 4.79 Å². The summed E-state index contributed by atoms with van der Waals surface area (Å²) in [5.41, 5.74) is 0.262. The van der Waals surface area contributed by atoms with Crippen LogP contribution in [-0.4, -0.2) is 41.2 Å². The maximum atomic E-state index is 12.6. The largest absolute Gasteiger partial charge is 0.497 e. The molecule has 1 heterocycles. The molecule has 2 unspecified atom stereocenters. The number of carbonyl (C=O) groups excluding carboxylic acids is 1. The van der Waals surface area contributed by atoms with Crippen molar-refractivity contribution in [1.82, 2.24) is 4.90 Å². The zero-order valence-corrected chi connectivity index (χ0v) is 14.0. The first-order chi connectivity index (χ1) is 10.3. The molecule has 1 aromatic rings. The van der Waals surface area contributed by atoms with Gasteiger partial charge in [-0.05, 0) is 50.3 Å². The van der Waals surface area contributed by atoms with Gasteiger partial charge in [0, 0.05) is 13.0 Å². The molecule has 0 spiro atoms. The third kappa shape index (κ3) is 3.80. The highest BCUT2D eigenvalue weighted by atomic mass is 16.5. The van der Waals surface area contributed by atoms with Gasteiger partial charge in [-0.2, -0.15) is 0 Å². The number of nitrogens with zero attached hydrogens (tertiary/aromatic N) is 1. The first kappa shape index (κ1) is 16.8. The molecule has 1 aliphatic heterocycles. The van der Waals surface area contributed by atoms with E-state index in [2.05, 4.69) is 6.92 Å². The van der Waals surface area contributed by atoms with Gasteiger partial charge in [0.25, 0.3) is 0 Å². The van der Waals surface area contributed by atoms with E-state index in [-0.39, 0.29) is 17.9 Å². The van der Waals surface area contributed by atoms with E-state index in [1.807, 2.05) is 29.2 Å². The summed E-state index contributed by atoms with van der Waals surface area (Å²) in [4.78, 5) is 14.5. The summed E-state index contributed by atoms with van der Waals surface area (Å²) in [6.45, 7) is 6.38. The van der Waals surface area contributed by atoms with Crippen LogP contribution in [0, 0.1) is 0 Å². The number of aliphatic hydroxyl groups is 1. The fourth-order valence-corrected chi connectivity index (χ4v) is 3.24. The van der Waals surface area contributed by atoms with Crippen LogP contribution in [0.15, 0.2) is 24.3 Å². The topological polar surface area (TPSA) is 49.8 Å². The maximum absolute atomic E-state index is 12.6. The minimum Gasteiger partial charge on any atom is -0.497 e. The Hall–Kier alpha value is -1.55. The normalized spacial score (nSPS) is 20.0. The van der Waals surface area contributed by atoms with Crippen LogP contribution in [0.2, 0.25) is 0 Å². The lowest BCUT2D eigenvalue weighted by atomic mass is 9.94. The molecule has 0 radical (unpaired) electrons. The molecule has 1 amide bonds. The molecule has 0 saturated carbocycles. The van der Waals surface area contributed by atoms with Crippen molar-refractivity contribution in [3.63, 3.8) is 0 Å². The average Bonchev–Trinajstić information content (AvgIpc) is 2.97. The van der Waals surface area contributed by atoms with E-state index in [0.717, 1.165) is 30.7 Å². The van der Waals surface area contributed by atoms with Gasteiger partial charge in [-0.1, -0.05) is 19.1 Å². The summed E-state index contributed by atoms with van der Waals surface area (Å²) in [5.74, 6) is 1.07. The van der Waals surface area contributed by atoms with Crippen molar-refractivity contribution in [3.8, 4) is 5.75 Å². The molecule has 4 heteroatoms. The Labute approximate surface area is 133 Å². The van der Waals surface area contributed by atoms with Crippen LogP contribution in [0.1, 0.15) is 51.5 Å². The summed E-state index contributed by atoms with van der Waals surface area (Å²) in [6.07, 6.45) is 2.30. The lowest BCUT2D eigenvalue weighted by Crippen LogP contribution is -2.48. The highest BCUT2D eigenvalue weighted by Gasteiger charge is 2.38. The molecular formula is C18H27NO3. The number of carbonyl (C=O) groups is 1. The molecule has 22 heavy (non-hydrogen) atoms. The number of hydrogen-bond donors (Lipinski definition) is 1. The average molecular weight is 305 g/mol. The van der Waals surface area contributed by atoms with Crippen molar-refractivity contribution in [3.05, 3.63) is 29.8 Å². The summed E-state index contributed by atoms with van der Waals surface area (Å²) < 4.78 is 5.24. The van der Waals surface area contributed by atoms with Crippen molar-refractivity contribution in [2.45, 2.75) is 57.6 Å². The fourth-order valence-electron chi connectivity index (χ4n) is 3.24. The molecule has 2 rings (SSSR count). The standard InChI is InChI=1S/C18H27NO3/c1-13(14-7-5-8-15(12-14)22-4)11-17(20)19-10-6-9-16(19)18(2,3)21/h5,7-8,12-13,16,21H,6,9-11H2,1-4H3. The lowest BCUT2D eigenvalue weighted by molar-refractivity contribution is -0.136. The van der Waals surface area contributed by atoms with E-state index in [0.29, 0.717) is 6.42 Å². The van der Waals surface area contributed by atoms with Crippen LogP contribution in [-0.2, 0) is 4.79 Å². The van der Waals surface area contributed by atoms with Crippen LogP contribution >= 0.6 is 0 Å². The van der Waals surface area contributed by atoms with E-state index in [1.54, 1.807) is 21.0 Å². The number of ether oxygens (including phenoxy) is 1. The second-order valence-corrected chi connectivity index (χ2v) is 6.78. The van der Waals surface area contributed by atoms with Crippen LogP contribution < -0.4 is 4.74 Å². The van der Waals surface area contributed by atoms with Crippen molar-refractivity contribution in [2.75, 3.05) is 13.7 Å². The molecule has 1 aliphatic rings. The first-order valence-corrected chi connectivity index (χ1v) is 7.98. The summed E-state index contributed by atoms with van der Waals surface area (Å²) >= 11 is 0. The summed E-state index contributed by atoms with van der Waals surface area (Å²) in [5, 5.41) is 10.2. The highest BCUT2D eigenvalue weighted by molar-refractivity contribution is 5.78. The van der Waals surface area contributed by atoms with Gasteiger partial charge in [0.1, 0.15) is 5.75 Å². The molecule has 4 nitrogen and oxygen atoms in total. The predicted octanol–water partition coefficient (Wildman–Crippen LogP) is 2.95. The minimum atomic E-state index is -0.842.